The highest BCUT2D eigenvalue weighted by Crippen LogP contribution is 2.23. The van der Waals surface area contributed by atoms with E-state index in [9.17, 15) is 9.59 Å². The molecule has 0 saturated carbocycles. The number of amides is 2. The first kappa shape index (κ1) is 21.8. The lowest BCUT2D eigenvalue weighted by atomic mass is 10.1. The van der Waals surface area contributed by atoms with Gasteiger partial charge in [-0.3, -0.25) is 14.5 Å². The highest BCUT2D eigenvalue weighted by atomic mass is 79.9. The Morgan fingerprint density at radius 2 is 1.58 bits per heavy atom. The summed E-state index contributed by atoms with van der Waals surface area (Å²) in [6.07, 6.45) is 0.702. The van der Waals surface area contributed by atoms with Gasteiger partial charge in [-0.2, -0.15) is 5.10 Å². The number of hydrogen-bond donors (Lipinski definition) is 0. The van der Waals surface area contributed by atoms with Crippen molar-refractivity contribution in [3.63, 3.8) is 0 Å². The van der Waals surface area contributed by atoms with Crippen molar-refractivity contribution in [2.24, 2.45) is 5.10 Å². The normalized spacial score (nSPS) is 17.8. The number of aromatic nitrogens is 1. The highest BCUT2D eigenvalue weighted by Gasteiger charge is 2.30. The molecule has 4 rings (SSSR count). The van der Waals surface area contributed by atoms with Crippen LogP contribution in [0.25, 0.3) is 0 Å². The highest BCUT2D eigenvalue weighted by molar-refractivity contribution is 9.10. The molecule has 0 unspecified atom stereocenters. The summed E-state index contributed by atoms with van der Waals surface area (Å²) in [5, 5.41) is 5.79. The molecule has 0 bridgehead atoms. The first-order valence-corrected chi connectivity index (χ1v) is 11.5. The number of aryl methyl sites for hydroxylation is 2. The maximum Gasteiger partial charge on any atom is 0.270 e. The SMILES string of the molecule is Cc1ccc(C)n1CCN1CCN(C(=O)C2=NN(c3ccc(Br)cc3)C(=O)CC2)CC1. The van der Waals surface area contributed by atoms with Gasteiger partial charge in [-0.05, 0) is 50.2 Å². The van der Waals surface area contributed by atoms with Crippen LogP contribution in [0.3, 0.4) is 0 Å². The lowest BCUT2D eigenvalue weighted by Crippen LogP contribution is -2.52. The molecule has 0 aliphatic carbocycles. The molecule has 0 atom stereocenters. The summed E-state index contributed by atoms with van der Waals surface area (Å²) in [6, 6.07) is 11.7. The molecule has 8 heteroatoms. The number of carbonyl (C=O) groups excluding carboxylic acids is 2. The zero-order valence-corrected chi connectivity index (χ0v) is 19.6. The molecule has 2 aromatic rings. The van der Waals surface area contributed by atoms with Crippen molar-refractivity contribution in [2.75, 3.05) is 37.7 Å². The van der Waals surface area contributed by atoms with Gasteiger partial charge in [0.2, 0.25) is 5.91 Å². The minimum Gasteiger partial charge on any atom is -0.348 e. The molecule has 0 spiro atoms. The number of piperazine rings is 1. The number of benzene rings is 1. The lowest BCUT2D eigenvalue weighted by molar-refractivity contribution is -0.126. The van der Waals surface area contributed by atoms with Gasteiger partial charge in [0.1, 0.15) is 5.71 Å². The maximum absolute atomic E-state index is 13.1. The number of halogens is 1. The Morgan fingerprint density at radius 3 is 2.23 bits per heavy atom. The number of hydrazone groups is 1. The molecule has 7 nitrogen and oxygen atoms in total. The van der Waals surface area contributed by atoms with E-state index in [4.69, 9.17) is 0 Å². The Kier molecular flexibility index (Phi) is 6.57. The second-order valence-corrected chi connectivity index (χ2v) is 9.05. The van der Waals surface area contributed by atoms with Crippen molar-refractivity contribution in [1.29, 1.82) is 0 Å². The van der Waals surface area contributed by atoms with E-state index >= 15 is 0 Å². The Labute approximate surface area is 191 Å². The summed E-state index contributed by atoms with van der Waals surface area (Å²) >= 11 is 3.40. The Hall–Kier alpha value is -2.45. The number of nitrogens with zero attached hydrogens (tertiary/aromatic N) is 5. The molecule has 2 amide bonds. The van der Waals surface area contributed by atoms with E-state index in [1.54, 1.807) is 0 Å². The maximum atomic E-state index is 13.1. The summed E-state index contributed by atoms with van der Waals surface area (Å²) in [5.74, 6) is -0.134. The van der Waals surface area contributed by atoms with Crippen molar-refractivity contribution in [3.8, 4) is 0 Å². The van der Waals surface area contributed by atoms with Crippen LogP contribution in [-0.2, 0) is 16.1 Å². The van der Waals surface area contributed by atoms with Crippen molar-refractivity contribution in [3.05, 3.63) is 52.3 Å². The zero-order chi connectivity index (χ0) is 22.0. The third kappa shape index (κ3) is 4.91. The van der Waals surface area contributed by atoms with Crippen LogP contribution in [0.15, 0.2) is 46.0 Å². The van der Waals surface area contributed by atoms with Gasteiger partial charge in [-0.1, -0.05) is 15.9 Å². The van der Waals surface area contributed by atoms with Crippen molar-refractivity contribution >= 4 is 39.1 Å². The van der Waals surface area contributed by atoms with E-state index in [-0.39, 0.29) is 11.8 Å². The summed E-state index contributed by atoms with van der Waals surface area (Å²) in [6.45, 7) is 9.30. The predicted octanol–water partition coefficient (Wildman–Crippen LogP) is 3.19. The number of anilines is 1. The zero-order valence-electron chi connectivity index (χ0n) is 18.1. The molecular formula is C23H28BrN5O2. The standard InChI is InChI=1S/C23H28BrN5O2/c1-17-3-4-18(2)28(17)16-13-26-11-14-27(15-12-26)23(31)21-9-10-22(30)29(25-21)20-7-5-19(24)6-8-20/h3-8H,9-16H2,1-2H3. The molecule has 0 N–H and O–H groups in total. The smallest absolute Gasteiger partial charge is 0.270 e. The first-order chi connectivity index (χ1) is 14.9. The molecule has 2 aliphatic heterocycles. The number of carbonyl (C=O) groups is 2. The van der Waals surface area contributed by atoms with Crippen molar-refractivity contribution < 1.29 is 9.59 Å². The van der Waals surface area contributed by atoms with E-state index in [0.717, 1.165) is 30.7 Å². The van der Waals surface area contributed by atoms with Gasteiger partial charge in [0, 0.05) is 68.0 Å². The Balaban J connectivity index is 1.35. The van der Waals surface area contributed by atoms with Gasteiger partial charge < -0.3 is 9.47 Å². The van der Waals surface area contributed by atoms with Crippen molar-refractivity contribution in [2.45, 2.75) is 33.2 Å². The minimum absolute atomic E-state index is 0.0497. The van der Waals surface area contributed by atoms with E-state index in [1.807, 2.05) is 29.2 Å². The van der Waals surface area contributed by atoms with E-state index in [1.165, 1.54) is 16.4 Å². The average Bonchev–Trinajstić information content (AvgIpc) is 3.10. The second kappa shape index (κ2) is 9.36. The monoisotopic (exact) mass is 485 g/mol. The first-order valence-electron chi connectivity index (χ1n) is 10.7. The molecular weight excluding hydrogens is 458 g/mol. The molecule has 3 heterocycles. The summed E-state index contributed by atoms with van der Waals surface area (Å²) < 4.78 is 3.27. The largest absolute Gasteiger partial charge is 0.348 e. The summed E-state index contributed by atoms with van der Waals surface area (Å²) in [7, 11) is 0. The van der Waals surface area contributed by atoms with Crippen LogP contribution in [0.1, 0.15) is 24.2 Å². The molecule has 1 fully saturated rings. The molecule has 31 heavy (non-hydrogen) atoms. The van der Waals surface area contributed by atoms with Crippen LogP contribution in [-0.4, -0.2) is 64.6 Å². The van der Waals surface area contributed by atoms with Crippen LogP contribution in [0.4, 0.5) is 5.69 Å². The predicted molar refractivity (Wildman–Crippen MR) is 125 cm³/mol. The van der Waals surface area contributed by atoms with E-state index in [0.29, 0.717) is 37.3 Å². The van der Waals surface area contributed by atoms with E-state index in [2.05, 4.69) is 56.5 Å². The van der Waals surface area contributed by atoms with Crippen LogP contribution in [0.5, 0.6) is 0 Å². The van der Waals surface area contributed by atoms with Gasteiger partial charge in [0.15, 0.2) is 0 Å². The van der Waals surface area contributed by atoms with Crippen LogP contribution < -0.4 is 5.01 Å². The quantitative estimate of drug-likeness (QED) is 0.653. The fourth-order valence-corrected chi connectivity index (χ4v) is 4.41. The molecule has 1 aromatic heterocycles. The van der Waals surface area contributed by atoms with Gasteiger partial charge in [-0.25, -0.2) is 5.01 Å². The number of rotatable bonds is 5. The Bertz CT molecular complexity index is 970. The van der Waals surface area contributed by atoms with Gasteiger partial charge >= 0.3 is 0 Å². The minimum atomic E-state index is -0.0840. The third-order valence-electron chi connectivity index (χ3n) is 6.07. The molecule has 164 valence electrons. The van der Waals surface area contributed by atoms with Crippen LogP contribution in [0, 0.1) is 13.8 Å². The molecule has 1 saturated heterocycles. The topological polar surface area (TPSA) is 61.2 Å². The summed E-state index contributed by atoms with van der Waals surface area (Å²) in [4.78, 5) is 29.7. The Morgan fingerprint density at radius 1 is 0.935 bits per heavy atom. The molecule has 1 aromatic carbocycles. The van der Waals surface area contributed by atoms with Crippen LogP contribution in [0.2, 0.25) is 0 Å². The molecule has 0 radical (unpaired) electrons. The average molecular weight is 486 g/mol. The van der Waals surface area contributed by atoms with Gasteiger partial charge in [0.05, 0.1) is 5.69 Å². The fraction of sp³-hybridized carbons (Fsp3) is 0.435. The third-order valence-corrected chi connectivity index (χ3v) is 6.60. The van der Waals surface area contributed by atoms with Gasteiger partial charge in [-0.15, -0.1) is 0 Å². The van der Waals surface area contributed by atoms with Gasteiger partial charge in [0.25, 0.3) is 5.91 Å². The fourth-order valence-electron chi connectivity index (χ4n) is 4.14. The second-order valence-electron chi connectivity index (χ2n) is 8.13. The lowest BCUT2D eigenvalue weighted by Gasteiger charge is -2.35. The number of hydrogen-bond acceptors (Lipinski definition) is 4. The van der Waals surface area contributed by atoms with Crippen molar-refractivity contribution in [1.82, 2.24) is 14.4 Å². The van der Waals surface area contributed by atoms with Crippen LogP contribution >= 0.6 is 15.9 Å². The van der Waals surface area contributed by atoms with E-state index < -0.39 is 0 Å². The molecule has 2 aliphatic rings. The summed E-state index contributed by atoms with van der Waals surface area (Å²) in [5.41, 5.74) is 3.71.